The fraction of sp³-hybridized carbons (Fsp3) is 0. The molecular weight excluding hydrogens is 909 g/mol. The lowest BCUT2D eigenvalue weighted by molar-refractivity contribution is 0.628. The maximum atomic E-state index is 15.9. The molecule has 0 saturated carbocycles. The maximum Gasteiger partial charge on any atom is 0.123 e. The normalized spacial score (nSPS) is 11.1. The highest BCUT2D eigenvalue weighted by Crippen LogP contribution is 2.45. The lowest BCUT2D eigenvalue weighted by atomic mass is 9.84. The summed E-state index contributed by atoms with van der Waals surface area (Å²) < 4.78 is 31.8. The van der Waals surface area contributed by atoms with Crippen LogP contribution < -0.4 is 0 Å². The van der Waals surface area contributed by atoms with E-state index in [4.69, 9.17) is 4.98 Å². The van der Waals surface area contributed by atoms with Crippen molar-refractivity contribution in [3.8, 4) is 123 Å². The van der Waals surface area contributed by atoms with Crippen LogP contribution in [-0.2, 0) is 0 Å². The van der Waals surface area contributed by atoms with E-state index < -0.39 is 0 Å². The molecule has 0 unspecified atom stereocenters. The second-order valence-corrected chi connectivity index (χ2v) is 18.2. The first-order chi connectivity index (χ1) is 36.5. The van der Waals surface area contributed by atoms with Crippen LogP contribution in [-0.4, -0.2) is 15.0 Å². The Morgan fingerprint density at radius 3 is 1.00 bits per heavy atom. The van der Waals surface area contributed by atoms with Crippen LogP contribution in [0, 0.1) is 11.6 Å². The van der Waals surface area contributed by atoms with Gasteiger partial charge in [-0.1, -0.05) is 170 Å². The van der Waals surface area contributed by atoms with Crippen LogP contribution in [0.15, 0.2) is 273 Å². The van der Waals surface area contributed by atoms with Gasteiger partial charge in [-0.3, -0.25) is 15.0 Å². The van der Waals surface area contributed by atoms with Crippen molar-refractivity contribution in [3.05, 3.63) is 285 Å². The van der Waals surface area contributed by atoms with Gasteiger partial charge in [0, 0.05) is 35.3 Å². The molecule has 5 heteroatoms. The molecule has 0 N–H and O–H groups in total. The molecule has 3 nitrogen and oxygen atoms in total. The molecule has 74 heavy (non-hydrogen) atoms. The molecule has 0 aliphatic carbocycles. The van der Waals surface area contributed by atoms with Crippen molar-refractivity contribution >= 4 is 0 Å². The quantitative estimate of drug-likeness (QED) is 0.130. The van der Waals surface area contributed by atoms with Gasteiger partial charge in [0.15, 0.2) is 0 Å². The van der Waals surface area contributed by atoms with Gasteiger partial charge in [-0.25, -0.2) is 8.78 Å². The van der Waals surface area contributed by atoms with E-state index in [-0.39, 0.29) is 11.6 Å². The number of pyridine rings is 3. The summed E-state index contributed by atoms with van der Waals surface area (Å²) in [6.07, 6.45) is 5.39. The minimum Gasteiger partial charge on any atom is -0.256 e. The van der Waals surface area contributed by atoms with E-state index in [1.165, 1.54) is 12.1 Å². The van der Waals surface area contributed by atoms with E-state index in [1.807, 2.05) is 103 Å². The number of rotatable bonds is 11. The highest BCUT2D eigenvalue weighted by molar-refractivity contribution is 5.97. The Bertz CT molecular complexity index is 3770. The number of hydrogen-bond acceptors (Lipinski definition) is 3. The Morgan fingerprint density at radius 1 is 0.189 bits per heavy atom. The van der Waals surface area contributed by atoms with Crippen molar-refractivity contribution in [3.63, 3.8) is 0 Å². The highest BCUT2D eigenvalue weighted by Gasteiger charge is 2.20. The third-order valence-electron chi connectivity index (χ3n) is 13.6. The number of nitrogens with zero attached hydrogens (tertiary/aromatic N) is 3. The van der Waals surface area contributed by atoms with E-state index in [9.17, 15) is 0 Å². The lowest BCUT2D eigenvalue weighted by Gasteiger charge is -2.19. The molecule has 0 radical (unpaired) electrons. The fourth-order valence-electron chi connectivity index (χ4n) is 9.97. The Morgan fingerprint density at radius 2 is 0.514 bits per heavy atom. The topological polar surface area (TPSA) is 38.7 Å². The maximum absolute atomic E-state index is 15.9. The Hall–Kier alpha value is -9.71. The summed E-state index contributed by atoms with van der Waals surface area (Å²) in [4.78, 5) is 13.9. The van der Waals surface area contributed by atoms with Crippen LogP contribution >= 0.6 is 0 Å². The van der Waals surface area contributed by atoms with Crippen LogP contribution in [0.1, 0.15) is 0 Å². The van der Waals surface area contributed by atoms with E-state index in [2.05, 4.69) is 143 Å². The molecule has 3 heterocycles. The summed E-state index contributed by atoms with van der Waals surface area (Å²) in [6.45, 7) is 0. The van der Waals surface area contributed by atoms with Crippen molar-refractivity contribution < 1.29 is 8.78 Å². The Labute approximate surface area is 429 Å². The predicted octanol–water partition coefficient (Wildman–Crippen LogP) is 18.5. The van der Waals surface area contributed by atoms with Gasteiger partial charge >= 0.3 is 0 Å². The molecule has 0 bridgehead atoms. The minimum atomic E-state index is -0.364. The number of benzene rings is 9. The van der Waals surface area contributed by atoms with Gasteiger partial charge in [-0.2, -0.15) is 0 Å². The SMILES string of the molecule is Fc1ccc(-c2ccc(-c3ccccn3)cc2)c(-c2cc(-c3cc(F)ccc3-c3ccc(-c4ccccn4)cc3)cc(-c3ccccc3-c3ccc(-c4ccccn4)cc3-c3ccc(-c4ccccc4)cc3)c2)c1. The molecule has 0 fully saturated rings. The molecule has 0 amide bonds. The summed E-state index contributed by atoms with van der Waals surface area (Å²) in [5, 5.41) is 0. The second kappa shape index (κ2) is 20.2. The fourth-order valence-corrected chi connectivity index (χ4v) is 9.97. The summed E-state index contributed by atoms with van der Waals surface area (Å²) in [6, 6.07) is 84.4. The van der Waals surface area contributed by atoms with Crippen LogP contribution in [0.5, 0.6) is 0 Å². The standard InChI is InChI=1S/C69H45F2N3/c70-57-32-35-60(48-23-27-51(28-24-48)67-16-6-9-37-72-67)65(44-57)55-40-54(41-56(42-55)66-45-58(71)33-36-61(66)49-25-29-52(30-26-49)68-17-7-10-38-73-68)59-14-4-5-15-62(59)63-34-31-53(69-18-8-11-39-74-69)43-64(63)50-21-19-47(20-22-50)46-12-2-1-3-13-46/h1-45H. The summed E-state index contributed by atoms with van der Waals surface area (Å²) >= 11 is 0. The average Bonchev–Trinajstić information content (AvgIpc) is 3.48. The van der Waals surface area contributed by atoms with E-state index in [0.29, 0.717) is 11.1 Å². The Kier molecular flexibility index (Phi) is 12.4. The number of hydrogen-bond donors (Lipinski definition) is 0. The first kappa shape index (κ1) is 45.4. The van der Waals surface area contributed by atoms with Crippen LogP contribution in [0.4, 0.5) is 8.78 Å². The third-order valence-corrected chi connectivity index (χ3v) is 13.6. The van der Waals surface area contributed by atoms with Gasteiger partial charge in [-0.15, -0.1) is 0 Å². The first-order valence-corrected chi connectivity index (χ1v) is 24.6. The molecule has 350 valence electrons. The van der Waals surface area contributed by atoms with Gasteiger partial charge < -0.3 is 0 Å². The molecule has 0 aliphatic rings. The summed E-state index contributed by atoms with van der Waals surface area (Å²) in [5.74, 6) is -0.729. The first-order valence-electron chi connectivity index (χ1n) is 24.6. The molecule has 12 aromatic rings. The Balaban J connectivity index is 1.05. The molecule has 0 spiro atoms. The van der Waals surface area contributed by atoms with Crippen molar-refractivity contribution in [2.75, 3.05) is 0 Å². The van der Waals surface area contributed by atoms with Crippen LogP contribution in [0.25, 0.3) is 123 Å². The molecule has 12 rings (SSSR count). The third kappa shape index (κ3) is 9.34. The van der Waals surface area contributed by atoms with E-state index in [0.717, 1.165) is 112 Å². The monoisotopic (exact) mass is 953 g/mol. The number of halogens is 2. The van der Waals surface area contributed by atoms with Crippen molar-refractivity contribution in [1.82, 2.24) is 15.0 Å². The van der Waals surface area contributed by atoms with Crippen molar-refractivity contribution in [1.29, 1.82) is 0 Å². The zero-order valence-electron chi connectivity index (χ0n) is 40.1. The average molecular weight is 954 g/mol. The molecule has 0 atom stereocenters. The molecule has 0 saturated heterocycles. The highest BCUT2D eigenvalue weighted by atomic mass is 19.1. The van der Waals surface area contributed by atoms with Crippen molar-refractivity contribution in [2.24, 2.45) is 0 Å². The second-order valence-electron chi connectivity index (χ2n) is 18.2. The summed E-state index contributed by atoms with van der Waals surface area (Å²) in [5.41, 5.74) is 20.3. The van der Waals surface area contributed by atoms with Gasteiger partial charge in [0.25, 0.3) is 0 Å². The molecular formula is C69H45F2N3. The van der Waals surface area contributed by atoms with E-state index in [1.54, 1.807) is 24.5 Å². The van der Waals surface area contributed by atoms with E-state index >= 15 is 8.78 Å². The van der Waals surface area contributed by atoms with Gasteiger partial charge in [0.1, 0.15) is 11.6 Å². The molecule has 0 aliphatic heterocycles. The van der Waals surface area contributed by atoms with Crippen LogP contribution in [0.3, 0.4) is 0 Å². The molecule has 3 aromatic heterocycles. The molecule has 9 aromatic carbocycles. The van der Waals surface area contributed by atoms with Gasteiger partial charge in [0.2, 0.25) is 0 Å². The van der Waals surface area contributed by atoms with Crippen molar-refractivity contribution in [2.45, 2.75) is 0 Å². The zero-order chi connectivity index (χ0) is 49.8. The predicted molar refractivity (Wildman–Crippen MR) is 300 cm³/mol. The van der Waals surface area contributed by atoms with Gasteiger partial charge in [0.05, 0.1) is 17.1 Å². The minimum absolute atomic E-state index is 0.364. The number of aromatic nitrogens is 3. The largest absolute Gasteiger partial charge is 0.256 e. The van der Waals surface area contributed by atoms with Crippen LogP contribution in [0.2, 0.25) is 0 Å². The zero-order valence-corrected chi connectivity index (χ0v) is 40.1. The summed E-state index contributed by atoms with van der Waals surface area (Å²) in [7, 11) is 0. The smallest absolute Gasteiger partial charge is 0.123 e. The lowest BCUT2D eigenvalue weighted by Crippen LogP contribution is -1.94. The van der Waals surface area contributed by atoms with Gasteiger partial charge in [-0.05, 0) is 174 Å².